The first-order valence-corrected chi connectivity index (χ1v) is 19.4. The molecule has 298 valence electrons. The number of carbonyl (C=O) groups excluding carboxylic acids is 5. The Bertz CT molecular complexity index is 1550. The number of phenolic OH excluding ortho intramolecular Hbond substituents is 1. The lowest BCUT2D eigenvalue weighted by Crippen LogP contribution is -2.59. The van der Waals surface area contributed by atoms with Gasteiger partial charge < -0.3 is 55.0 Å². The topological polar surface area (TPSA) is 296 Å². The Labute approximate surface area is 321 Å². The third-order valence-electron chi connectivity index (χ3n) is 8.79. The zero-order valence-electron chi connectivity index (χ0n) is 31.4. The van der Waals surface area contributed by atoms with E-state index >= 15 is 0 Å². The van der Waals surface area contributed by atoms with Crippen LogP contribution in [0.2, 0.25) is 0 Å². The van der Waals surface area contributed by atoms with E-state index in [1.54, 1.807) is 50.2 Å². The molecule has 5 atom stereocenters. The van der Waals surface area contributed by atoms with Gasteiger partial charge in [-0.25, -0.2) is 0 Å². The Morgan fingerprint density at radius 2 is 1.30 bits per heavy atom. The third-order valence-corrected chi connectivity index (χ3v) is 9.44. The summed E-state index contributed by atoms with van der Waals surface area (Å²) in [7, 11) is 0. The summed E-state index contributed by atoms with van der Waals surface area (Å²) in [5, 5.41) is 21.1. The van der Waals surface area contributed by atoms with Crippen LogP contribution in [0.3, 0.4) is 0 Å². The van der Waals surface area contributed by atoms with Crippen LogP contribution in [0.4, 0.5) is 0 Å². The van der Waals surface area contributed by atoms with Crippen LogP contribution in [0, 0.1) is 13.8 Å². The Hall–Kier alpha value is -4.87. The van der Waals surface area contributed by atoms with Crippen LogP contribution >= 0.6 is 11.8 Å². The molecular formula is C37H58N10O6S. The van der Waals surface area contributed by atoms with Crippen molar-refractivity contribution in [2.45, 2.75) is 95.4 Å². The normalized spacial score (nSPS) is 13.7. The summed E-state index contributed by atoms with van der Waals surface area (Å²) in [6.45, 7) is 4.17. The van der Waals surface area contributed by atoms with Gasteiger partial charge in [-0.15, -0.1) is 0 Å². The molecule has 15 N–H and O–H groups in total. The summed E-state index contributed by atoms with van der Waals surface area (Å²) >= 11 is 1.49. The van der Waals surface area contributed by atoms with Gasteiger partial charge in [0.15, 0.2) is 5.96 Å². The fourth-order valence-corrected chi connectivity index (χ4v) is 6.27. The van der Waals surface area contributed by atoms with Crippen molar-refractivity contribution >= 4 is 47.3 Å². The molecule has 2 aromatic rings. The van der Waals surface area contributed by atoms with Crippen molar-refractivity contribution in [3.05, 3.63) is 64.7 Å². The maximum Gasteiger partial charge on any atom is 0.243 e. The fourth-order valence-electron chi connectivity index (χ4n) is 5.79. The molecule has 0 aliphatic carbocycles. The molecule has 2 aromatic carbocycles. The standard InChI is InChI=1S/C37H58N10O6S/c1-22-18-25(48)19-23(2)26(22)21-31(46-33(50)27(39)12-9-16-43-37(41)42)36(53)45-29(13-7-8-15-38)34(51)47-30(20-24-10-5-4-6-11-24)35(52)44-28(32(40)49)14-17-54-3/h4-6,10-11,18-19,27-31,48H,7-9,12-17,20-21,38-39H2,1-3H3,(H2,40,49)(H,44,52)(H,45,53)(H,46,50)(H,47,51)(H4,41,42,43)/t27-,28+,29+,30+,31+/m1/s1. The number of nitrogens with zero attached hydrogens (tertiary/aromatic N) is 1. The molecule has 0 aliphatic rings. The SMILES string of the molecule is CSCC[C@H](NC(=O)[C@H](Cc1ccccc1)NC(=O)[C@H](CCCCN)NC(=O)[C@H](Cc1c(C)cc(O)cc1C)NC(=O)[C@H](N)CCCN=C(N)N)C(N)=O. The van der Waals surface area contributed by atoms with Gasteiger partial charge in [0.25, 0.3) is 0 Å². The molecule has 0 aromatic heterocycles. The average Bonchev–Trinajstić information content (AvgIpc) is 3.11. The van der Waals surface area contributed by atoms with Crippen molar-refractivity contribution in [3.8, 4) is 5.75 Å². The van der Waals surface area contributed by atoms with Gasteiger partial charge in [0.2, 0.25) is 29.5 Å². The van der Waals surface area contributed by atoms with Gasteiger partial charge in [-0.1, -0.05) is 30.3 Å². The van der Waals surface area contributed by atoms with Crippen LogP contribution in [0.5, 0.6) is 5.75 Å². The number of phenols is 1. The van der Waals surface area contributed by atoms with E-state index in [2.05, 4.69) is 26.3 Å². The van der Waals surface area contributed by atoms with E-state index in [1.807, 2.05) is 12.3 Å². The Balaban J connectivity index is 2.41. The molecule has 5 amide bonds. The average molecular weight is 771 g/mol. The Kier molecular flexibility index (Phi) is 19.9. The van der Waals surface area contributed by atoms with Gasteiger partial charge in [-0.3, -0.25) is 29.0 Å². The molecular weight excluding hydrogens is 713 g/mol. The summed E-state index contributed by atoms with van der Waals surface area (Å²) < 4.78 is 0. The minimum atomic E-state index is -1.18. The van der Waals surface area contributed by atoms with E-state index in [0.717, 1.165) is 5.56 Å². The molecule has 0 saturated heterocycles. The summed E-state index contributed by atoms with van der Waals surface area (Å²) in [6, 6.07) is 6.77. The highest BCUT2D eigenvalue weighted by Gasteiger charge is 2.32. The molecule has 0 spiro atoms. The molecule has 54 heavy (non-hydrogen) atoms. The highest BCUT2D eigenvalue weighted by molar-refractivity contribution is 7.98. The predicted octanol–water partition coefficient (Wildman–Crippen LogP) is -0.518. The van der Waals surface area contributed by atoms with Crippen molar-refractivity contribution in [2.24, 2.45) is 33.7 Å². The first-order valence-electron chi connectivity index (χ1n) is 18.0. The van der Waals surface area contributed by atoms with Crippen LogP contribution in [-0.4, -0.2) is 95.9 Å². The van der Waals surface area contributed by atoms with E-state index in [-0.39, 0.29) is 43.9 Å². The van der Waals surface area contributed by atoms with Gasteiger partial charge in [0, 0.05) is 19.4 Å². The molecule has 0 unspecified atom stereocenters. The number of hydrogen-bond donors (Lipinski definition) is 10. The van der Waals surface area contributed by atoms with Crippen molar-refractivity contribution in [1.29, 1.82) is 0 Å². The van der Waals surface area contributed by atoms with Crippen molar-refractivity contribution in [1.82, 2.24) is 21.3 Å². The van der Waals surface area contributed by atoms with Gasteiger partial charge >= 0.3 is 0 Å². The van der Waals surface area contributed by atoms with Crippen LogP contribution in [0.15, 0.2) is 47.5 Å². The van der Waals surface area contributed by atoms with Crippen LogP contribution < -0.4 is 49.9 Å². The third kappa shape index (κ3) is 16.0. The largest absolute Gasteiger partial charge is 0.508 e. The fraction of sp³-hybridized carbons (Fsp3) is 0.514. The number of amides is 5. The Morgan fingerprint density at radius 1 is 0.741 bits per heavy atom. The minimum absolute atomic E-state index is 0.0248. The van der Waals surface area contributed by atoms with Crippen LogP contribution in [0.25, 0.3) is 0 Å². The monoisotopic (exact) mass is 770 g/mol. The second-order valence-corrected chi connectivity index (χ2v) is 14.2. The van der Waals surface area contributed by atoms with Crippen LogP contribution in [-0.2, 0) is 36.8 Å². The Morgan fingerprint density at radius 3 is 1.87 bits per heavy atom. The van der Waals surface area contributed by atoms with E-state index in [1.165, 1.54) is 11.8 Å². The molecule has 0 saturated carbocycles. The molecule has 2 rings (SSSR count). The van der Waals surface area contributed by atoms with Gasteiger partial charge in [-0.05, 0) is 105 Å². The highest BCUT2D eigenvalue weighted by atomic mass is 32.2. The van der Waals surface area contributed by atoms with E-state index in [0.29, 0.717) is 54.7 Å². The molecule has 0 bridgehead atoms. The smallest absolute Gasteiger partial charge is 0.243 e. The first kappa shape index (κ1) is 45.3. The number of hydrogen-bond acceptors (Lipinski definition) is 10. The summed E-state index contributed by atoms with van der Waals surface area (Å²) in [4.78, 5) is 71.2. The molecule has 16 nitrogen and oxygen atoms in total. The lowest BCUT2D eigenvalue weighted by molar-refractivity contribution is -0.134. The number of carbonyl (C=O) groups is 5. The number of benzene rings is 2. The zero-order chi connectivity index (χ0) is 40.2. The second kappa shape index (κ2) is 23.7. The van der Waals surface area contributed by atoms with E-state index in [9.17, 15) is 29.1 Å². The summed E-state index contributed by atoms with van der Waals surface area (Å²) in [6.07, 6.45) is 4.14. The number of aryl methyl sites for hydroxylation is 2. The van der Waals surface area contributed by atoms with Gasteiger partial charge in [0.05, 0.1) is 6.04 Å². The van der Waals surface area contributed by atoms with Gasteiger partial charge in [-0.2, -0.15) is 11.8 Å². The number of unbranched alkanes of at least 4 members (excludes halogenated alkanes) is 1. The lowest BCUT2D eigenvalue weighted by atomic mass is 9.95. The number of aliphatic imine (C=N–C) groups is 1. The van der Waals surface area contributed by atoms with Gasteiger partial charge in [0.1, 0.15) is 29.9 Å². The molecule has 0 aliphatic heterocycles. The summed E-state index contributed by atoms with van der Waals surface area (Å²) in [5.74, 6) is -2.66. The molecule has 0 fully saturated rings. The molecule has 0 heterocycles. The van der Waals surface area contributed by atoms with Crippen molar-refractivity contribution in [3.63, 3.8) is 0 Å². The van der Waals surface area contributed by atoms with E-state index < -0.39 is 59.7 Å². The number of thioether (sulfide) groups is 1. The molecule has 0 radical (unpaired) electrons. The number of rotatable bonds is 24. The van der Waals surface area contributed by atoms with Crippen molar-refractivity contribution in [2.75, 3.05) is 25.1 Å². The predicted molar refractivity (Wildman–Crippen MR) is 212 cm³/mol. The second-order valence-electron chi connectivity index (χ2n) is 13.2. The first-order chi connectivity index (χ1) is 25.7. The highest BCUT2D eigenvalue weighted by Crippen LogP contribution is 2.22. The minimum Gasteiger partial charge on any atom is -0.508 e. The maximum atomic E-state index is 14.1. The molecule has 17 heteroatoms. The number of aromatic hydroxyl groups is 1. The number of primary amides is 1. The summed E-state index contributed by atoms with van der Waals surface area (Å²) in [5.41, 5.74) is 31.1. The maximum absolute atomic E-state index is 14.1. The number of nitrogens with one attached hydrogen (secondary N) is 4. The lowest BCUT2D eigenvalue weighted by Gasteiger charge is -2.27. The quantitative estimate of drug-likeness (QED) is 0.0368. The number of guanidine groups is 1. The van der Waals surface area contributed by atoms with E-state index in [4.69, 9.17) is 28.7 Å². The van der Waals surface area contributed by atoms with Crippen LogP contribution in [0.1, 0.15) is 60.8 Å². The van der Waals surface area contributed by atoms with Crippen molar-refractivity contribution < 1.29 is 29.1 Å². The number of nitrogens with two attached hydrogens (primary N) is 5. The zero-order valence-corrected chi connectivity index (χ0v) is 32.3.